The van der Waals surface area contributed by atoms with Crippen molar-refractivity contribution < 1.29 is 9.53 Å². The fourth-order valence-electron chi connectivity index (χ4n) is 2.90. The summed E-state index contributed by atoms with van der Waals surface area (Å²) in [6.07, 6.45) is 0. The van der Waals surface area contributed by atoms with Crippen molar-refractivity contribution in [2.75, 3.05) is 60.0 Å². The van der Waals surface area contributed by atoms with Gasteiger partial charge in [0.2, 0.25) is 0 Å². The van der Waals surface area contributed by atoms with Gasteiger partial charge in [-0.05, 0) is 19.5 Å². The van der Waals surface area contributed by atoms with E-state index in [9.17, 15) is 4.79 Å². The number of benzene rings is 1. The van der Waals surface area contributed by atoms with Crippen molar-refractivity contribution in [3.05, 3.63) is 35.4 Å². The van der Waals surface area contributed by atoms with Gasteiger partial charge in [0.25, 0.3) is 0 Å². The Balaban J connectivity index is 1.97. The van der Waals surface area contributed by atoms with Crippen molar-refractivity contribution in [1.29, 1.82) is 0 Å². The van der Waals surface area contributed by atoms with Crippen molar-refractivity contribution in [1.82, 2.24) is 20.4 Å². The molecular weight excluding hydrogens is 304 g/mol. The average Bonchev–Trinajstić information content (AvgIpc) is 2.58. The van der Waals surface area contributed by atoms with E-state index in [-0.39, 0.29) is 12.1 Å². The summed E-state index contributed by atoms with van der Waals surface area (Å²) in [5.74, 6) is 0. The summed E-state index contributed by atoms with van der Waals surface area (Å²) >= 11 is 0. The van der Waals surface area contributed by atoms with E-state index >= 15 is 0 Å². The van der Waals surface area contributed by atoms with E-state index in [1.54, 1.807) is 7.11 Å². The summed E-state index contributed by atoms with van der Waals surface area (Å²) in [6, 6.07) is 8.67. The molecule has 0 aromatic heterocycles. The lowest BCUT2D eigenvalue weighted by Gasteiger charge is -2.38. The van der Waals surface area contributed by atoms with Gasteiger partial charge in [0, 0.05) is 46.4 Å². The maximum absolute atomic E-state index is 11.9. The molecule has 1 aromatic rings. The minimum absolute atomic E-state index is 0.140. The molecule has 6 heteroatoms. The predicted molar refractivity (Wildman–Crippen MR) is 96.3 cm³/mol. The molecule has 24 heavy (non-hydrogen) atoms. The highest BCUT2D eigenvalue weighted by molar-refractivity contribution is 5.73. The number of ether oxygens (including phenoxy) is 1. The molecule has 0 spiro atoms. The van der Waals surface area contributed by atoms with Crippen LogP contribution in [-0.2, 0) is 4.74 Å². The molecule has 1 fully saturated rings. The first-order chi connectivity index (χ1) is 11.6. The number of likely N-dealkylation sites (N-methyl/N-ethyl adjacent to an activating group) is 1. The van der Waals surface area contributed by atoms with E-state index in [0.717, 1.165) is 26.2 Å². The smallest absolute Gasteiger partial charge is 0.314 e. The molecular formula is C18H30N4O2. The first-order valence-electron chi connectivity index (χ1n) is 8.60. The zero-order chi connectivity index (χ0) is 17.4. The second kappa shape index (κ2) is 9.61. The van der Waals surface area contributed by atoms with Crippen LogP contribution >= 0.6 is 0 Å². The minimum Gasteiger partial charge on any atom is -0.383 e. The first-order valence-corrected chi connectivity index (χ1v) is 8.60. The Kier molecular flexibility index (Phi) is 7.49. The van der Waals surface area contributed by atoms with Crippen molar-refractivity contribution in [3.63, 3.8) is 0 Å². The van der Waals surface area contributed by atoms with E-state index in [1.807, 2.05) is 0 Å². The Labute approximate surface area is 145 Å². The van der Waals surface area contributed by atoms with Crippen LogP contribution in [-0.4, -0.2) is 75.9 Å². The fraction of sp³-hybridized carbons (Fsp3) is 0.611. The molecule has 0 radical (unpaired) electrons. The van der Waals surface area contributed by atoms with Gasteiger partial charge in [0.15, 0.2) is 0 Å². The third kappa shape index (κ3) is 5.78. The van der Waals surface area contributed by atoms with Gasteiger partial charge in [-0.2, -0.15) is 0 Å². The topological polar surface area (TPSA) is 56.8 Å². The molecule has 2 N–H and O–H groups in total. The number of urea groups is 1. The van der Waals surface area contributed by atoms with Gasteiger partial charge in [-0.1, -0.05) is 29.8 Å². The fourth-order valence-corrected chi connectivity index (χ4v) is 2.90. The Morgan fingerprint density at radius 1 is 1.17 bits per heavy atom. The van der Waals surface area contributed by atoms with E-state index in [4.69, 9.17) is 4.74 Å². The van der Waals surface area contributed by atoms with Crippen molar-refractivity contribution in [2.24, 2.45) is 0 Å². The Morgan fingerprint density at radius 2 is 1.83 bits per heavy atom. The summed E-state index contributed by atoms with van der Waals surface area (Å²) in [7, 11) is 3.78. The highest BCUT2D eigenvalue weighted by atomic mass is 16.5. The standard InChI is InChI=1S/C18H30N4O2/c1-15-4-6-16(7-5-15)17(22-11-9-21(2)10-12-22)14-20-18(23)19-8-13-24-3/h4-7,17H,8-14H2,1-3H3,(H2,19,20,23). The molecule has 134 valence electrons. The molecule has 0 saturated carbocycles. The lowest BCUT2D eigenvalue weighted by molar-refractivity contribution is 0.111. The maximum atomic E-state index is 11.9. The number of carbonyl (C=O) groups excluding carboxylic acids is 1. The molecule has 1 aliphatic rings. The number of hydrogen-bond acceptors (Lipinski definition) is 4. The molecule has 1 heterocycles. The van der Waals surface area contributed by atoms with Crippen molar-refractivity contribution in [2.45, 2.75) is 13.0 Å². The van der Waals surface area contributed by atoms with Crippen LogP contribution in [0.4, 0.5) is 4.79 Å². The Hall–Kier alpha value is -1.63. The number of hydrogen-bond donors (Lipinski definition) is 2. The molecule has 1 unspecified atom stereocenters. The van der Waals surface area contributed by atoms with Gasteiger partial charge in [-0.15, -0.1) is 0 Å². The summed E-state index contributed by atoms with van der Waals surface area (Å²) < 4.78 is 4.95. The van der Waals surface area contributed by atoms with Crippen LogP contribution in [0.1, 0.15) is 17.2 Å². The zero-order valence-electron chi connectivity index (χ0n) is 15.0. The Morgan fingerprint density at radius 3 is 2.46 bits per heavy atom. The minimum atomic E-state index is -0.140. The highest BCUT2D eigenvalue weighted by Gasteiger charge is 2.24. The van der Waals surface area contributed by atoms with Gasteiger partial charge in [0.05, 0.1) is 12.6 Å². The quantitative estimate of drug-likeness (QED) is 0.737. The molecule has 2 amide bonds. The number of nitrogens with zero attached hydrogens (tertiary/aromatic N) is 2. The molecule has 6 nitrogen and oxygen atoms in total. The van der Waals surface area contributed by atoms with Crippen LogP contribution in [0.5, 0.6) is 0 Å². The molecule has 1 aromatic carbocycles. The second-order valence-corrected chi connectivity index (χ2v) is 6.40. The summed E-state index contributed by atoms with van der Waals surface area (Å²) in [5, 5.41) is 5.81. The summed E-state index contributed by atoms with van der Waals surface area (Å²) in [6.45, 7) is 7.88. The number of rotatable bonds is 7. The number of carbonyl (C=O) groups is 1. The van der Waals surface area contributed by atoms with Crippen LogP contribution in [0.25, 0.3) is 0 Å². The Bertz CT molecular complexity index is 498. The van der Waals surface area contributed by atoms with Crippen LogP contribution in [0.3, 0.4) is 0 Å². The van der Waals surface area contributed by atoms with Gasteiger partial charge in [0.1, 0.15) is 0 Å². The van der Waals surface area contributed by atoms with Crippen molar-refractivity contribution in [3.8, 4) is 0 Å². The van der Waals surface area contributed by atoms with Gasteiger partial charge >= 0.3 is 6.03 Å². The van der Waals surface area contributed by atoms with Gasteiger partial charge in [-0.3, -0.25) is 4.90 Å². The van der Waals surface area contributed by atoms with Crippen LogP contribution in [0.15, 0.2) is 24.3 Å². The maximum Gasteiger partial charge on any atom is 0.314 e. The zero-order valence-corrected chi connectivity index (χ0v) is 15.0. The molecule has 1 aliphatic heterocycles. The van der Waals surface area contributed by atoms with Gasteiger partial charge < -0.3 is 20.3 Å². The average molecular weight is 334 g/mol. The second-order valence-electron chi connectivity index (χ2n) is 6.40. The molecule has 2 rings (SSSR count). The van der Waals surface area contributed by atoms with E-state index in [1.165, 1.54) is 11.1 Å². The predicted octanol–water partition coefficient (Wildman–Crippen LogP) is 1.23. The van der Waals surface area contributed by atoms with Crippen LogP contribution in [0, 0.1) is 6.92 Å². The lowest BCUT2D eigenvalue weighted by atomic mass is 10.0. The van der Waals surface area contributed by atoms with Gasteiger partial charge in [-0.25, -0.2) is 4.79 Å². The van der Waals surface area contributed by atoms with Crippen LogP contribution in [0.2, 0.25) is 0 Å². The van der Waals surface area contributed by atoms with E-state index in [0.29, 0.717) is 19.7 Å². The largest absolute Gasteiger partial charge is 0.383 e. The highest BCUT2D eigenvalue weighted by Crippen LogP contribution is 2.22. The third-order valence-electron chi connectivity index (χ3n) is 4.49. The van der Waals surface area contributed by atoms with E-state index in [2.05, 4.69) is 58.7 Å². The number of amides is 2. The molecule has 0 bridgehead atoms. The number of methoxy groups -OCH3 is 1. The number of piperazine rings is 1. The number of aryl methyl sites for hydroxylation is 1. The SMILES string of the molecule is COCCNC(=O)NCC(c1ccc(C)cc1)N1CCN(C)CC1. The normalized spacial score (nSPS) is 17.5. The molecule has 1 saturated heterocycles. The van der Waals surface area contributed by atoms with E-state index < -0.39 is 0 Å². The molecule has 1 atom stereocenters. The monoisotopic (exact) mass is 334 g/mol. The number of nitrogens with one attached hydrogen (secondary N) is 2. The third-order valence-corrected chi connectivity index (χ3v) is 4.49. The first kappa shape index (κ1) is 18.7. The summed E-state index contributed by atoms with van der Waals surface area (Å²) in [4.78, 5) is 16.7. The van der Waals surface area contributed by atoms with Crippen LogP contribution < -0.4 is 10.6 Å². The lowest BCUT2D eigenvalue weighted by Crippen LogP contribution is -2.49. The molecule has 0 aliphatic carbocycles. The summed E-state index contributed by atoms with van der Waals surface area (Å²) in [5.41, 5.74) is 2.50. The van der Waals surface area contributed by atoms with Crippen molar-refractivity contribution >= 4 is 6.03 Å².